The summed E-state index contributed by atoms with van der Waals surface area (Å²) in [5.41, 5.74) is 0. The fourth-order valence-electron chi connectivity index (χ4n) is 4.56. The van der Waals surface area contributed by atoms with Gasteiger partial charge in [-0.1, -0.05) is 145 Å². The average molecular weight is 381 g/mol. The van der Waals surface area contributed by atoms with E-state index in [4.69, 9.17) is 0 Å². The van der Waals surface area contributed by atoms with Crippen LogP contribution in [0.4, 0.5) is 0 Å². The highest BCUT2D eigenvalue weighted by atomic mass is 14.1. The fraction of sp³-hybridized carbons (Fsp3) is 1.00. The van der Waals surface area contributed by atoms with Crippen molar-refractivity contribution in [3.05, 3.63) is 0 Å². The maximum absolute atomic E-state index is 2.49. The predicted octanol–water partition coefficient (Wildman–Crippen LogP) is 10.1. The van der Waals surface area contributed by atoms with Crippen LogP contribution >= 0.6 is 0 Å². The summed E-state index contributed by atoms with van der Waals surface area (Å²) in [5.74, 6) is 4.65. The second-order valence-corrected chi connectivity index (χ2v) is 10.7. The first-order chi connectivity index (χ1) is 12.8. The molecular formula is C27H56. The Bertz CT molecular complexity index is 292. The van der Waals surface area contributed by atoms with Crippen molar-refractivity contribution < 1.29 is 0 Å². The van der Waals surface area contributed by atoms with Gasteiger partial charge in [-0.2, -0.15) is 0 Å². The van der Waals surface area contributed by atoms with E-state index in [0.29, 0.717) is 0 Å². The normalized spacial score (nSPS) is 16.4. The molecule has 0 N–H and O–H groups in total. The van der Waals surface area contributed by atoms with Crippen LogP contribution in [0.2, 0.25) is 0 Å². The first-order valence-electron chi connectivity index (χ1n) is 12.8. The Labute approximate surface area is 174 Å². The van der Waals surface area contributed by atoms with Gasteiger partial charge in [-0.25, -0.2) is 0 Å². The molecule has 4 atom stereocenters. The van der Waals surface area contributed by atoms with E-state index in [1.165, 1.54) is 96.3 Å². The van der Waals surface area contributed by atoms with E-state index in [2.05, 4.69) is 48.5 Å². The van der Waals surface area contributed by atoms with Crippen LogP contribution in [-0.2, 0) is 0 Å². The Kier molecular flexibility index (Phi) is 18.1. The van der Waals surface area contributed by atoms with Crippen LogP contribution in [0, 0.1) is 29.6 Å². The van der Waals surface area contributed by atoms with Crippen LogP contribution in [0.1, 0.15) is 145 Å². The van der Waals surface area contributed by atoms with E-state index >= 15 is 0 Å². The molecule has 0 radical (unpaired) electrons. The molecule has 0 nitrogen and oxygen atoms in total. The summed E-state index contributed by atoms with van der Waals surface area (Å²) in [6.45, 7) is 16.9. The first kappa shape index (κ1) is 27.0. The lowest BCUT2D eigenvalue weighted by Gasteiger charge is -2.16. The molecular weight excluding hydrogens is 324 g/mol. The van der Waals surface area contributed by atoms with Gasteiger partial charge in [0, 0.05) is 0 Å². The van der Waals surface area contributed by atoms with Crippen LogP contribution in [0.15, 0.2) is 0 Å². The minimum Gasteiger partial charge on any atom is -0.0654 e. The Morgan fingerprint density at radius 2 is 0.667 bits per heavy atom. The van der Waals surface area contributed by atoms with Gasteiger partial charge in [-0.3, -0.25) is 0 Å². The van der Waals surface area contributed by atoms with Crippen molar-refractivity contribution in [2.75, 3.05) is 0 Å². The molecule has 0 aromatic carbocycles. The average Bonchev–Trinajstić information content (AvgIpc) is 2.58. The SMILES string of the molecule is CCCC(C)CCCC(C)CCCCC(C)CCCC(C)CCCC(C)C. The molecule has 0 aliphatic rings. The summed E-state index contributed by atoms with van der Waals surface area (Å²) in [5, 5.41) is 0. The van der Waals surface area contributed by atoms with Gasteiger partial charge in [0.2, 0.25) is 0 Å². The van der Waals surface area contributed by atoms with Crippen molar-refractivity contribution in [2.45, 2.75) is 145 Å². The highest BCUT2D eigenvalue weighted by molar-refractivity contribution is 4.61. The molecule has 0 heterocycles. The van der Waals surface area contributed by atoms with Gasteiger partial charge < -0.3 is 0 Å². The molecule has 0 heteroatoms. The first-order valence-corrected chi connectivity index (χ1v) is 12.8. The molecule has 0 aromatic rings. The maximum atomic E-state index is 2.49. The van der Waals surface area contributed by atoms with Crippen molar-refractivity contribution in [1.82, 2.24) is 0 Å². The summed E-state index contributed by atoms with van der Waals surface area (Å²) >= 11 is 0. The Hall–Kier alpha value is 0. The minimum absolute atomic E-state index is 0.879. The van der Waals surface area contributed by atoms with E-state index in [1.807, 2.05) is 0 Å². The van der Waals surface area contributed by atoms with Crippen LogP contribution < -0.4 is 0 Å². The highest BCUT2D eigenvalue weighted by Gasteiger charge is 2.08. The summed E-state index contributed by atoms with van der Waals surface area (Å²) in [7, 11) is 0. The van der Waals surface area contributed by atoms with E-state index in [0.717, 1.165) is 29.6 Å². The Morgan fingerprint density at radius 1 is 0.370 bits per heavy atom. The van der Waals surface area contributed by atoms with E-state index in [1.54, 1.807) is 0 Å². The zero-order chi connectivity index (χ0) is 20.5. The van der Waals surface area contributed by atoms with Crippen molar-refractivity contribution >= 4 is 0 Å². The van der Waals surface area contributed by atoms with Gasteiger partial charge in [0.1, 0.15) is 0 Å². The monoisotopic (exact) mass is 380 g/mol. The van der Waals surface area contributed by atoms with Crippen molar-refractivity contribution in [3.8, 4) is 0 Å². The molecule has 0 spiro atoms. The van der Waals surface area contributed by atoms with Crippen molar-refractivity contribution in [1.29, 1.82) is 0 Å². The van der Waals surface area contributed by atoms with Crippen LogP contribution in [-0.4, -0.2) is 0 Å². The molecule has 27 heavy (non-hydrogen) atoms. The van der Waals surface area contributed by atoms with E-state index in [9.17, 15) is 0 Å². The lowest BCUT2D eigenvalue weighted by Crippen LogP contribution is -2.01. The second kappa shape index (κ2) is 18.1. The minimum atomic E-state index is 0.879. The Balaban J connectivity index is 3.50. The lowest BCUT2D eigenvalue weighted by molar-refractivity contribution is 0.372. The van der Waals surface area contributed by atoms with Crippen LogP contribution in [0.25, 0.3) is 0 Å². The lowest BCUT2D eigenvalue weighted by atomic mass is 9.90. The zero-order valence-electron chi connectivity index (χ0n) is 20.5. The third-order valence-electron chi connectivity index (χ3n) is 6.69. The predicted molar refractivity (Wildman–Crippen MR) is 126 cm³/mol. The molecule has 0 bridgehead atoms. The molecule has 0 aliphatic heterocycles. The van der Waals surface area contributed by atoms with Crippen molar-refractivity contribution in [3.63, 3.8) is 0 Å². The number of rotatable bonds is 19. The standard InChI is InChI=1S/C27H56/c1-8-14-24(4)19-12-20-25(5)16-9-10-17-26(6)21-13-22-27(7)18-11-15-23(2)3/h23-27H,8-22H2,1-7H3. The molecule has 4 unspecified atom stereocenters. The molecule has 164 valence electrons. The number of hydrogen-bond acceptors (Lipinski definition) is 0. The zero-order valence-corrected chi connectivity index (χ0v) is 20.5. The van der Waals surface area contributed by atoms with Gasteiger partial charge >= 0.3 is 0 Å². The molecule has 0 saturated carbocycles. The Morgan fingerprint density at radius 3 is 1.00 bits per heavy atom. The molecule has 0 amide bonds. The van der Waals surface area contributed by atoms with Gasteiger partial charge in [0.25, 0.3) is 0 Å². The summed E-state index contributed by atoms with van der Waals surface area (Å²) < 4.78 is 0. The van der Waals surface area contributed by atoms with Crippen LogP contribution in [0.5, 0.6) is 0 Å². The fourth-order valence-corrected chi connectivity index (χ4v) is 4.56. The molecule has 0 aliphatic carbocycles. The summed E-state index contributed by atoms with van der Waals surface area (Å²) in [6.07, 6.45) is 21.6. The topological polar surface area (TPSA) is 0 Å². The van der Waals surface area contributed by atoms with Gasteiger partial charge in [-0.15, -0.1) is 0 Å². The summed E-state index contributed by atoms with van der Waals surface area (Å²) in [4.78, 5) is 0. The molecule has 0 saturated heterocycles. The highest BCUT2D eigenvalue weighted by Crippen LogP contribution is 2.23. The quantitative estimate of drug-likeness (QED) is 0.195. The largest absolute Gasteiger partial charge is 0.0654 e. The van der Waals surface area contributed by atoms with Gasteiger partial charge in [0.15, 0.2) is 0 Å². The number of unbranched alkanes of at least 4 members (excludes halogenated alkanes) is 1. The molecule has 0 aromatic heterocycles. The third-order valence-corrected chi connectivity index (χ3v) is 6.69. The van der Waals surface area contributed by atoms with Crippen molar-refractivity contribution in [2.24, 2.45) is 29.6 Å². The van der Waals surface area contributed by atoms with Gasteiger partial charge in [-0.05, 0) is 29.6 Å². The van der Waals surface area contributed by atoms with E-state index < -0.39 is 0 Å². The maximum Gasteiger partial charge on any atom is -0.0443 e. The number of hydrogen-bond donors (Lipinski definition) is 0. The third kappa shape index (κ3) is 19.1. The second-order valence-electron chi connectivity index (χ2n) is 10.7. The van der Waals surface area contributed by atoms with Crippen LogP contribution in [0.3, 0.4) is 0 Å². The van der Waals surface area contributed by atoms with E-state index in [-0.39, 0.29) is 0 Å². The summed E-state index contributed by atoms with van der Waals surface area (Å²) in [6, 6.07) is 0. The van der Waals surface area contributed by atoms with Gasteiger partial charge in [0.05, 0.1) is 0 Å². The smallest absolute Gasteiger partial charge is 0.0443 e. The molecule has 0 rings (SSSR count). The molecule has 0 fully saturated rings.